The number of hydrogen-bond acceptors (Lipinski definition) is 5. The molecular formula is C17H20ClFN4O4S. The highest BCUT2D eigenvalue weighted by Crippen LogP contribution is 2.27. The summed E-state index contributed by atoms with van der Waals surface area (Å²) in [5.41, 5.74) is 2.80. The molecule has 2 N–H and O–H groups in total. The van der Waals surface area contributed by atoms with E-state index in [1.54, 1.807) is 24.1 Å². The van der Waals surface area contributed by atoms with Crippen molar-refractivity contribution >= 4 is 27.5 Å². The second-order valence-corrected chi connectivity index (χ2v) is 8.79. The van der Waals surface area contributed by atoms with Gasteiger partial charge in [0.1, 0.15) is 0 Å². The summed E-state index contributed by atoms with van der Waals surface area (Å²) >= 11 is 5.91. The van der Waals surface area contributed by atoms with Crippen molar-refractivity contribution in [3.05, 3.63) is 40.9 Å². The van der Waals surface area contributed by atoms with Crippen LogP contribution in [0, 0.1) is 11.7 Å². The lowest BCUT2D eigenvalue weighted by Gasteiger charge is -2.21. The lowest BCUT2D eigenvalue weighted by Crippen LogP contribution is -2.44. The number of amides is 1. The molecule has 1 aromatic carbocycles. The maximum Gasteiger partial charge on any atom is 0.269 e. The largest absolute Gasteiger partial charge is 0.381 e. The molecule has 2 aromatic rings. The molecule has 0 spiro atoms. The summed E-state index contributed by atoms with van der Waals surface area (Å²) in [6.45, 7) is 1.02. The fourth-order valence-corrected chi connectivity index (χ4v) is 4.45. The van der Waals surface area contributed by atoms with Crippen LogP contribution in [-0.2, 0) is 21.8 Å². The van der Waals surface area contributed by atoms with E-state index < -0.39 is 21.7 Å². The van der Waals surface area contributed by atoms with Gasteiger partial charge >= 0.3 is 0 Å². The van der Waals surface area contributed by atoms with Crippen LogP contribution in [0.2, 0.25) is 5.02 Å². The van der Waals surface area contributed by atoms with Crippen molar-refractivity contribution in [2.24, 2.45) is 13.0 Å². The number of hydrogen-bond donors (Lipinski definition) is 2. The van der Waals surface area contributed by atoms with Crippen molar-refractivity contribution in [3.8, 4) is 11.1 Å². The lowest BCUT2D eigenvalue weighted by atomic mass is 10.0. The van der Waals surface area contributed by atoms with Crippen molar-refractivity contribution in [2.45, 2.75) is 12.8 Å². The molecule has 11 heteroatoms. The molecule has 3 rings (SSSR count). The Balaban J connectivity index is 1.72. The number of carbonyl (C=O) groups excluding carboxylic acids is 1. The number of sulfonamides is 1. The predicted molar refractivity (Wildman–Crippen MR) is 102 cm³/mol. The van der Waals surface area contributed by atoms with Crippen molar-refractivity contribution in [1.29, 1.82) is 0 Å². The molecule has 0 radical (unpaired) electrons. The third kappa shape index (κ3) is 5.07. The first-order chi connectivity index (χ1) is 13.2. The first kappa shape index (κ1) is 20.7. The topological polar surface area (TPSA) is 102 Å². The zero-order valence-corrected chi connectivity index (χ0v) is 16.7. The smallest absolute Gasteiger partial charge is 0.269 e. The van der Waals surface area contributed by atoms with E-state index in [9.17, 15) is 17.6 Å². The molecule has 1 amide bonds. The van der Waals surface area contributed by atoms with Crippen LogP contribution < -0.4 is 10.3 Å². The van der Waals surface area contributed by atoms with Crippen LogP contribution in [0.1, 0.15) is 23.2 Å². The highest BCUT2D eigenvalue weighted by Gasteiger charge is 2.23. The Labute approximate surface area is 167 Å². The summed E-state index contributed by atoms with van der Waals surface area (Å²) in [5, 5.41) is 3.77. The number of nitrogens with zero attached hydrogens (tertiary/aromatic N) is 2. The molecule has 8 nitrogen and oxygen atoms in total. The van der Waals surface area contributed by atoms with Crippen LogP contribution in [0.4, 0.5) is 4.39 Å². The number of benzene rings is 1. The Kier molecular flexibility index (Phi) is 6.33. The third-order valence-corrected chi connectivity index (χ3v) is 6.03. The van der Waals surface area contributed by atoms with Gasteiger partial charge in [0.25, 0.3) is 5.91 Å². The molecule has 0 bridgehead atoms. The number of halogens is 2. The fraction of sp³-hybridized carbons (Fsp3) is 0.412. The zero-order valence-electron chi connectivity index (χ0n) is 15.1. The van der Waals surface area contributed by atoms with Gasteiger partial charge in [0, 0.05) is 32.0 Å². The molecule has 1 saturated heterocycles. The summed E-state index contributed by atoms with van der Waals surface area (Å²) in [6, 6.07) is 2.67. The molecule has 28 heavy (non-hydrogen) atoms. The van der Waals surface area contributed by atoms with E-state index in [2.05, 4.69) is 10.5 Å². The van der Waals surface area contributed by atoms with E-state index in [1.165, 1.54) is 12.1 Å². The number of carbonyl (C=O) groups is 1. The third-order valence-electron chi connectivity index (χ3n) is 4.43. The van der Waals surface area contributed by atoms with Crippen LogP contribution >= 0.6 is 11.6 Å². The maximum absolute atomic E-state index is 14.3. The molecule has 152 valence electrons. The molecule has 0 unspecified atom stereocenters. The van der Waals surface area contributed by atoms with E-state index in [1.807, 2.05) is 4.83 Å². The Bertz CT molecular complexity index is 974. The molecule has 1 aromatic heterocycles. The number of rotatable bonds is 6. The van der Waals surface area contributed by atoms with Gasteiger partial charge in [0.05, 0.1) is 22.5 Å². The highest BCUT2D eigenvalue weighted by molar-refractivity contribution is 7.89. The number of hydrazine groups is 1. The van der Waals surface area contributed by atoms with E-state index in [0.29, 0.717) is 37.2 Å². The SMILES string of the molecule is Cn1cc(-c2cc(Cl)c(F)c(C(=O)NNS(=O)(=O)CC3CCOCC3)c2)cn1. The normalized spacial score (nSPS) is 15.5. The minimum Gasteiger partial charge on any atom is -0.381 e. The first-order valence-corrected chi connectivity index (χ1v) is 10.6. The first-order valence-electron chi connectivity index (χ1n) is 8.61. The van der Waals surface area contributed by atoms with Gasteiger partial charge < -0.3 is 4.74 Å². The zero-order chi connectivity index (χ0) is 20.3. The van der Waals surface area contributed by atoms with Gasteiger partial charge in [-0.2, -0.15) is 5.10 Å². The van der Waals surface area contributed by atoms with Crippen LogP contribution in [0.25, 0.3) is 11.1 Å². The van der Waals surface area contributed by atoms with Crippen LogP contribution in [0.5, 0.6) is 0 Å². The van der Waals surface area contributed by atoms with Crippen LogP contribution in [0.15, 0.2) is 24.5 Å². The number of ether oxygens (including phenoxy) is 1. The van der Waals surface area contributed by atoms with E-state index in [0.717, 1.165) is 0 Å². The summed E-state index contributed by atoms with van der Waals surface area (Å²) in [4.78, 5) is 14.4. The molecule has 0 aliphatic carbocycles. The highest BCUT2D eigenvalue weighted by atomic mass is 35.5. The summed E-state index contributed by atoms with van der Waals surface area (Å²) < 4.78 is 45.5. The Morgan fingerprint density at radius 3 is 2.71 bits per heavy atom. The minimum absolute atomic E-state index is 0.0526. The van der Waals surface area contributed by atoms with E-state index in [-0.39, 0.29) is 22.3 Å². The molecule has 1 aliphatic heterocycles. The number of nitrogens with one attached hydrogen (secondary N) is 2. The van der Waals surface area contributed by atoms with Crippen molar-refractivity contribution < 1.29 is 22.3 Å². The van der Waals surface area contributed by atoms with Gasteiger partial charge in [-0.15, -0.1) is 4.83 Å². The Hall–Kier alpha value is -2.01. The average molecular weight is 431 g/mol. The number of aryl methyl sites for hydroxylation is 1. The van der Waals surface area contributed by atoms with Gasteiger partial charge in [-0.25, -0.2) is 12.8 Å². The summed E-state index contributed by atoms with van der Waals surface area (Å²) in [7, 11) is -2.05. The van der Waals surface area contributed by atoms with E-state index in [4.69, 9.17) is 16.3 Å². The van der Waals surface area contributed by atoms with E-state index >= 15 is 0 Å². The monoisotopic (exact) mass is 430 g/mol. The van der Waals surface area contributed by atoms with Gasteiger partial charge in [-0.1, -0.05) is 11.6 Å². The second-order valence-electron chi connectivity index (χ2n) is 6.62. The molecule has 0 saturated carbocycles. The standard InChI is InChI=1S/C17H20ClFN4O4S/c1-23-9-13(8-20-23)12-6-14(16(19)15(18)7-12)17(24)21-22-28(25,26)10-11-2-4-27-5-3-11/h6-9,11,22H,2-5,10H2,1H3,(H,21,24). The Morgan fingerprint density at radius 2 is 2.07 bits per heavy atom. The maximum atomic E-state index is 14.3. The molecule has 0 atom stereocenters. The van der Waals surface area contributed by atoms with Gasteiger partial charge in [0.2, 0.25) is 10.0 Å². The summed E-state index contributed by atoms with van der Waals surface area (Å²) in [5.74, 6) is -2.07. The number of aromatic nitrogens is 2. The Morgan fingerprint density at radius 1 is 1.36 bits per heavy atom. The van der Waals surface area contributed by atoms with Crippen molar-refractivity contribution in [3.63, 3.8) is 0 Å². The van der Waals surface area contributed by atoms with Crippen molar-refractivity contribution in [1.82, 2.24) is 20.0 Å². The van der Waals surface area contributed by atoms with Crippen molar-refractivity contribution in [2.75, 3.05) is 19.0 Å². The molecule has 1 fully saturated rings. The second kappa shape index (κ2) is 8.56. The average Bonchev–Trinajstić information content (AvgIpc) is 3.09. The van der Waals surface area contributed by atoms with Gasteiger partial charge in [0.15, 0.2) is 5.82 Å². The quantitative estimate of drug-likeness (QED) is 0.681. The molecule has 1 aliphatic rings. The fourth-order valence-electron chi connectivity index (χ4n) is 2.95. The van der Waals surface area contributed by atoms with Crippen LogP contribution in [0.3, 0.4) is 0 Å². The molecule has 2 heterocycles. The summed E-state index contributed by atoms with van der Waals surface area (Å²) in [6.07, 6.45) is 4.49. The predicted octanol–water partition coefficient (Wildman–Crippen LogP) is 1.87. The van der Waals surface area contributed by atoms with Gasteiger partial charge in [-0.3, -0.25) is 14.9 Å². The minimum atomic E-state index is -3.77. The molecular weight excluding hydrogens is 411 g/mol. The van der Waals surface area contributed by atoms with Gasteiger partial charge in [-0.05, 0) is 36.5 Å². The van der Waals surface area contributed by atoms with Crippen LogP contribution in [-0.4, -0.2) is 43.1 Å². The lowest BCUT2D eigenvalue weighted by molar-refractivity contribution is 0.0722.